The van der Waals surface area contributed by atoms with Crippen molar-refractivity contribution in [3.63, 3.8) is 0 Å². The molecule has 12 aromatic heterocycles. The molecule has 43 heteroatoms. The van der Waals surface area contributed by atoms with Crippen LogP contribution < -0.4 is 0 Å². The van der Waals surface area contributed by atoms with E-state index in [2.05, 4.69) is 119 Å². The largest absolute Gasteiger partial charge is 0.338 e. The lowest BCUT2D eigenvalue weighted by Crippen LogP contribution is -2.68. The van der Waals surface area contributed by atoms with Crippen LogP contribution in [0.4, 0.5) is 4.39 Å². The number of nitrogens with zero attached hydrogens (tertiary/aromatic N) is 28. The highest BCUT2D eigenvalue weighted by molar-refractivity contribution is 7.89. The maximum absolute atomic E-state index is 14.5. The molecule has 0 aliphatic carbocycles. The molecule has 4 N–H and O–H groups in total. The first kappa shape index (κ1) is 72.5. The molecule has 4 aliphatic rings. The van der Waals surface area contributed by atoms with Crippen LogP contribution in [0.25, 0.3) is 89.6 Å². The quantitative estimate of drug-likeness (QED) is 0.0902. The predicted octanol–water partition coefficient (Wildman–Crippen LogP) is 3.28. The van der Waals surface area contributed by atoms with Crippen molar-refractivity contribution in [1.82, 2.24) is 137 Å². The van der Waals surface area contributed by atoms with Crippen LogP contribution in [0, 0.1) is 45.3 Å². The number of piperidine rings is 1. The Morgan fingerprint density at radius 2 is 0.849 bits per heavy atom. The smallest absolute Gasteiger partial charge is 0.222 e. The van der Waals surface area contributed by atoms with Gasteiger partial charge in [-0.05, 0) is 33.6 Å². The van der Waals surface area contributed by atoms with Crippen molar-refractivity contribution < 1.29 is 34.4 Å². The molecule has 4 fully saturated rings. The van der Waals surface area contributed by atoms with Gasteiger partial charge in [0.2, 0.25) is 42.1 Å². The molecule has 106 heavy (non-hydrogen) atoms. The van der Waals surface area contributed by atoms with Crippen LogP contribution in [-0.2, 0) is 57.0 Å². The number of amides is 1. The van der Waals surface area contributed by atoms with E-state index in [4.69, 9.17) is 5.26 Å². The Balaban J connectivity index is 0.000000125. The number of carbonyl (C=O) groups excluding carboxylic acids is 1. The number of aromatic amines is 4. The summed E-state index contributed by atoms with van der Waals surface area (Å²) in [6.07, 6.45) is 26.3. The summed E-state index contributed by atoms with van der Waals surface area (Å²) < 4.78 is 98.1. The van der Waals surface area contributed by atoms with Crippen LogP contribution in [0.2, 0.25) is 0 Å². The van der Waals surface area contributed by atoms with Crippen molar-refractivity contribution in [3.05, 3.63) is 100 Å². The summed E-state index contributed by atoms with van der Waals surface area (Å²) in [6.45, 7) is 8.67. The number of likely N-dealkylation sites (tertiary alicyclic amines) is 1. The third-order valence-corrected chi connectivity index (χ3v) is 25.1. The molecule has 0 bridgehead atoms. The second kappa shape index (κ2) is 29.0. The zero-order chi connectivity index (χ0) is 74.8. The highest BCUT2D eigenvalue weighted by Crippen LogP contribution is 2.41. The SMILES string of the molecule is CCC(=O)N1CC(CC#N)(n2cnc(-c3ncnc4[nH]ncc34)c2)C1.CCS(=O)(=O)N1CC(C(F)C#N)(n2cc(-c3ncnc4[nH]ncc34)cn2)C1.CCS(=O)(=O)N1CC(CC#N)(n2cnc(-c3ncnc4[nH]ncc34)c2)C1.CCS(=O)(=O)N1CCC(CC#N)(n2cnc(-c3ncnc4[nH]ncc34)c2)CC1. The number of nitrogens with one attached hydrogen (secondary N) is 4. The van der Waals surface area contributed by atoms with E-state index < -0.39 is 58.4 Å². The number of hydrogen-bond acceptors (Lipinski definition) is 27. The van der Waals surface area contributed by atoms with Crippen molar-refractivity contribution in [2.45, 2.75) is 94.5 Å². The molecular formula is C63H67FN32O7S3. The highest BCUT2D eigenvalue weighted by Gasteiger charge is 2.56. The number of alkyl halides is 1. The van der Waals surface area contributed by atoms with Crippen LogP contribution >= 0.6 is 0 Å². The highest BCUT2D eigenvalue weighted by atomic mass is 32.2. The molecule has 4 aliphatic heterocycles. The Bertz CT molecular complexity index is 5760. The maximum Gasteiger partial charge on any atom is 0.222 e. The lowest BCUT2D eigenvalue weighted by molar-refractivity contribution is -0.141. The lowest BCUT2D eigenvalue weighted by atomic mass is 9.85. The van der Waals surface area contributed by atoms with Gasteiger partial charge in [0.1, 0.15) is 71.1 Å². The molecule has 0 radical (unpaired) electrons. The summed E-state index contributed by atoms with van der Waals surface area (Å²) in [5, 5.41) is 71.2. The van der Waals surface area contributed by atoms with E-state index >= 15 is 0 Å². The topological polar surface area (TPSA) is 517 Å². The van der Waals surface area contributed by atoms with Crippen molar-refractivity contribution >= 4 is 80.1 Å². The van der Waals surface area contributed by atoms with Gasteiger partial charge in [0, 0.05) is 89.1 Å². The Morgan fingerprint density at radius 3 is 1.25 bits per heavy atom. The fraction of sp³-hybridized carbons (Fsp3) is 0.413. The minimum Gasteiger partial charge on any atom is -0.338 e. The molecule has 0 aromatic carbocycles. The van der Waals surface area contributed by atoms with Gasteiger partial charge in [-0.1, -0.05) is 6.92 Å². The van der Waals surface area contributed by atoms with Crippen molar-refractivity contribution in [2.75, 3.05) is 69.6 Å². The Labute approximate surface area is 603 Å². The predicted molar refractivity (Wildman–Crippen MR) is 374 cm³/mol. The number of hydrogen-bond donors (Lipinski definition) is 4. The molecule has 39 nitrogen and oxygen atoms in total. The first-order chi connectivity index (χ1) is 51.1. The summed E-state index contributed by atoms with van der Waals surface area (Å²) in [5.74, 6) is 0.146. The van der Waals surface area contributed by atoms with Gasteiger partial charge < -0.3 is 18.6 Å². The van der Waals surface area contributed by atoms with E-state index in [0.717, 1.165) is 20.5 Å². The average molecular weight is 1500 g/mol. The summed E-state index contributed by atoms with van der Waals surface area (Å²) in [5.41, 5.74) is 4.65. The zero-order valence-electron chi connectivity index (χ0n) is 57.3. The van der Waals surface area contributed by atoms with Gasteiger partial charge in [-0.3, -0.25) is 29.9 Å². The number of nitriles is 4. The monoisotopic (exact) mass is 1500 g/mol. The second-order valence-electron chi connectivity index (χ2n) is 25.6. The Hall–Kier alpha value is -11.9. The van der Waals surface area contributed by atoms with Gasteiger partial charge in [0.15, 0.2) is 22.6 Å². The second-order valence-corrected chi connectivity index (χ2v) is 32.4. The van der Waals surface area contributed by atoms with Gasteiger partial charge in [0.05, 0.1) is 149 Å². The summed E-state index contributed by atoms with van der Waals surface area (Å²) >= 11 is 0. The van der Waals surface area contributed by atoms with E-state index in [1.54, 1.807) is 81.0 Å². The van der Waals surface area contributed by atoms with Gasteiger partial charge in [-0.15, -0.1) is 0 Å². The first-order valence-corrected chi connectivity index (χ1v) is 38.0. The number of H-pyrrole nitrogens is 4. The summed E-state index contributed by atoms with van der Waals surface area (Å²) in [7, 11) is -9.96. The number of fused-ring (bicyclic) bond motifs is 4. The molecule has 1 unspecified atom stereocenters. The van der Waals surface area contributed by atoms with Gasteiger partial charge in [-0.2, -0.15) is 55.2 Å². The third kappa shape index (κ3) is 13.4. The Morgan fingerprint density at radius 1 is 0.481 bits per heavy atom. The minimum absolute atomic E-state index is 0.0459. The number of carbonyl (C=O) groups is 1. The molecule has 1 atom stereocenters. The fourth-order valence-electron chi connectivity index (χ4n) is 13.3. The van der Waals surface area contributed by atoms with E-state index in [-0.39, 0.29) is 62.2 Å². The Kier molecular flexibility index (Phi) is 19.8. The molecule has 1 amide bonds. The van der Waals surface area contributed by atoms with Gasteiger partial charge in [-0.25, -0.2) is 88.8 Å². The minimum atomic E-state index is -3.47. The van der Waals surface area contributed by atoms with Crippen molar-refractivity contribution in [1.29, 1.82) is 21.0 Å². The molecule has 16 rings (SSSR count). The normalized spacial score (nSPS) is 17.2. The molecular weight excluding hydrogens is 1430 g/mol. The van der Waals surface area contributed by atoms with E-state index in [1.165, 1.54) is 51.7 Å². The van der Waals surface area contributed by atoms with Crippen LogP contribution in [0.1, 0.15) is 66.2 Å². The number of aromatic nitrogens is 24. The number of sulfonamides is 3. The van der Waals surface area contributed by atoms with E-state index in [9.17, 15) is 50.2 Å². The molecule has 0 spiro atoms. The van der Waals surface area contributed by atoms with E-state index in [0.29, 0.717) is 125 Å². The van der Waals surface area contributed by atoms with Crippen LogP contribution in [0.5, 0.6) is 0 Å². The van der Waals surface area contributed by atoms with Crippen LogP contribution in [0.15, 0.2) is 100 Å². The molecule has 12 aromatic rings. The van der Waals surface area contributed by atoms with E-state index in [1.807, 2.05) is 33.0 Å². The van der Waals surface area contributed by atoms with Crippen molar-refractivity contribution in [3.8, 4) is 69.7 Å². The van der Waals surface area contributed by atoms with Crippen LogP contribution in [0.3, 0.4) is 0 Å². The van der Waals surface area contributed by atoms with Crippen LogP contribution in [-0.4, -0.2) is 244 Å². The summed E-state index contributed by atoms with van der Waals surface area (Å²) in [6, 6.07) is 8.24. The maximum atomic E-state index is 14.5. The average Bonchev–Trinajstić information content (AvgIpc) is 1.32. The number of halogens is 1. The molecule has 546 valence electrons. The zero-order valence-corrected chi connectivity index (χ0v) is 59.8. The van der Waals surface area contributed by atoms with Gasteiger partial charge >= 0.3 is 0 Å². The molecule has 0 saturated carbocycles. The van der Waals surface area contributed by atoms with Crippen molar-refractivity contribution in [2.24, 2.45) is 0 Å². The number of imidazole rings is 3. The molecule has 4 saturated heterocycles. The molecule has 16 heterocycles. The lowest BCUT2D eigenvalue weighted by Gasteiger charge is -2.49. The third-order valence-electron chi connectivity index (χ3n) is 19.6. The van der Waals surface area contributed by atoms with Gasteiger partial charge in [0.25, 0.3) is 0 Å². The standard InChI is InChI=1S/C17H20N8O2S.C16H16N8O.C15H15FN8O2S.C15H16N8O2S/c1-2-28(26,27)25-7-4-17(3-6-18,5-8-25)24-10-14(21-12-24)15-13-9-22-23-16(13)20-11-19-15;1-2-13(25)23-7-16(8-23,3-4-17)24-6-12(20-10-24)14-11-5-21-22-15(11)19-9-18-14;1-2-27(25,26)23-7-15(8-23,12(16)3-17)24-6-10(4-21-24)13-11-5-20-22-14(11)19-9-18-13;1-2-26(24,25)23-7-15(8-23,3-4-16)22-6-12(19-10-22)13-11-5-20-21-14(11)18-9-17-13/h9-12H,2-5,7-8H2,1H3,(H,19,20,22,23);5-6,9-10H,2-3,7-8H2,1H3,(H,18,19,21,22);4-6,9,12H,2,7-8H2,1H3,(H,18,19,20,22);5-6,9-10H,2-3,7-8H2,1H3,(H,17,18,20,21). The number of rotatable bonds is 19. The summed E-state index contributed by atoms with van der Waals surface area (Å²) in [4.78, 5) is 60.6. The fourth-order valence-corrected chi connectivity index (χ4v) is 16.9. The first-order valence-electron chi connectivity index (χ1n) is 33.2.